The number of unbranched alkanes of at least 4 members (excludes halogenated alkanes) is 1. The molecular formula is C11H20N2O3S. The number of rotatable bonds is 6. The van der Waals surface area contributed by atoms with E-state index in [0.717, 1.165) is 19.3 Å². The van der Waals surface area contributed by atoms with Crippen LogP contribution in [0.4, 0.5) is 0 Å². The number of nitrogens with zero attached hydrogens (tertiary/aromatic N) is 1. The van der Waals surface area contributed by atoms with E-state index in [9.17, 15) is 9.59 Å². The molecular weight excluding hydrogens is 240 g/mol. The van der Waals surface area contributed by atoms with E-state index < -0.39 is 12.0 Å². The summed E-state index contributed by atoms with van der Waals surface area (Å²) in [6.45, 7) is 2.55. The Labute approximate surface area is 106 Å². The van der Waals surface area contributed by atoms with Crippen LogP contribution >= 0.6 is 11.8 Å². The first-order chi connectivity index (χ1) is 8.11. The molecule has 1 heterocycles. The van der Waals surface area contributed by atoms with E-state index in [0.29, 0.717) is 18.7 Å². The SMILES string of the molecule is CCC1SCC(C(=O)O)N1C(=O)CCCCN. The lowest BCUT2D eigenvalue weighted by atomic mass is 10.2. The van der Waals surface area contributed by atoms with Gasteiger partial charge in [-0.2, -0.15) is 0 Å². The van der Waals surface area contributed by atoms with E-state index in [1.807, 2.05) is 6.92 Å². The van der Waals surface area contributed by atoms with Gasteiger partial charge in [0.15, 0.2) is 0 Å². The zero-order valence-electron chi connectivity index (χ0n) is 10.1. The second-order valence-corrected chi connectivity index (χ2v) is 5.31. The summed E-state index contributed by atoms with van der Waals surface area (Å²) in [6.07, 6.45) is 2.73. The first kappa shape index (κ1) is 14.3. The van der Waals surface area contributed by atoms with Crippen LogP contribution in [0.25, 0.3) is 0 Å². The molecule has 17 heavy (non-hydrogen) atoms. The Morgan fingerprint density at radius 1 is 1.47 bits per heavy atom. The van der Waals surface area contributed by atoms with Gasteiger partial charge in [-0.15, -0.1) is 11.8 Å². The smallest absolute Gasteiger partial charge is 0.327 e. The topological polar surface area (TPSA) is 83.6 Å². The largest absolute Gasteiger partial charge is 0.480 e. The summed E-state index contributed by atoms with van der Waals surface area (Å²) >= 11 is 1.55. The monoisotopic (exact) mass is 260 g/mol. The molecule has 3 N–H and O–H groups in total. The summed E-state index contributed by atoms with van der Waals surface area (Å²) in [4.78, 5) is 24.6. The van der Waals surface area contributed by atoms with E-state index in [-0.39, 0.29) is 11.3 Å². The van der Waals surface area contributed by atoms with E-state index in [2.05, 4.69) is 0 Å². The van der Waals surface area contributed by atoms with Gasteiger partial charge in [0.2, 0.25) is 5.91 Å². The number of hydrogen-bond donors (Lipinski definition) is 2. The predicted octanol–water partition coefficient (Wildman–Crippen LogP) is 0.880. The molecule has 1 aliphatic heterocycles. The Balaban J connectivity index is 2.61. The van der Waals surface area contributed by atoms with Crippen molar-refractivity contribution in [2.24, 2.45) is 5.73 Å². The lowest BCUT2D eigenvalue weighted by molar-refractivity contribution is -0.149. The number of hydrogen-bond acceptors (Lipinski definition) is 4. The van der Waals surface area contributed by atoms with Crippen LogP contribution in [-0.2, 0) is 9.59 Å². The molecule has 0 aromatic heterocycles. The molecule has 98 valence electrons. The first-order valence-electron chi connectivity index (χ1n) is 5.97. The number of carboxylic acids is 1. The van der Waals surface area contributed by atoms with Crippen LogP contribution in [0.2, 0.25) is 0 Å². The molecule has 0 saturated carbocycles. The minimum absolute atomic E-state index is 0.0153. The van der Waals surface area contributed by atoms with Gasteiger partial charge in [-0.1, -0.05) is 6.92 Å². The third-order valence-corrected chi connectivity index (χ3v) is 4.31. The maximum Gasteiger partial charge on any atom is 0.327 e. The molecule has 1 amide bonds. The summed E-state index contributed by atoms with van der Waals surface area (Å²) < 4.78 is 0. The van der Waals surface area contributed by atoms with Crippen molar-refractivity contribution in [1.82, 2.24) is 4.90 Å². The molecule has 0 aliphatic carbocycles. The highest BCUT2D eigenvalue weighted by Gasteiger charge is 2.40. The lowest BCUT2D eigenvalue weighted by Crippen LogP contribution is -2.45. The molecule has 0 aromatic rings. The fraction of sp³-hybridized carbons (Fsp3) is 0.818. The Morgan fingerprint density at radius 2 is 2.18 bits per heavy atom. The molecule has 0 radical (unpaired) electrons. The summed E-state index contributed by atoms with van der Waals surface area (Å²) in [5.74, 6) is -0.459. The van der Waals surface area contributed by atoms with Gasteiger partial charge < -0.3 is 15.7 Å². The van der Waals surface area contributed by atoms with E-state index >= 15 is 0 Å². The molecule has 0 bridgehead atoms. The van der Waals surface area contributed by atoms with Crippen LogP contribution in [0, 0.1) is 0 Å². The molecule has 0 aromatic carbocycles. The minimum atomic E-state index is -0.902. The number of amides is 1. The van der Waals surface area contributed by atoms with Crippen LogP contribution in [0.5, 0.6) is 0 Å². The summed E-state index contributed by atoms with van der Waals surface area (Å²) in [5.41, 5.74) is 5.37. The average molecular weight is 260 g/mol. The number of carbonyl (C=O) groups is 2. The summed E-state index contributed by atoms with van der Waals surface area (Å²) in [5, 5.41) is 9.11. The maximum atomic E-state index is 12.0. The molecule has 0 spiro atoms. The fourth-order valence-electron chi connectivity index (χ4n) is 1.95. The standard InChI is InChI=1S/C11H20N2O3S/c1-2-10-13(8(7-17-10)11(15)16)9(14)5-3-4-6-12/h8,10H,2-7,12H2,1H3,(H,15,16). The van der Waals surface area contributed by atoms with Crippen molar-refractivity contribution < 1.29 is 14.7 Å². The molecule has 2 unspecified atom stereocenters. The molecule has 1 saturated heterocycles. The molecule has 5 nitrogen and oxygen atoms in total. The van der Waals surface area contributed by atoms with Gasteiger partial charge >= 0.3 is 5.97 Å². The van der Waals surface area contributed by atoms with Gasteiger partial charge in [0, 0.05) is 12.2 Å². The quantitative estimate of drug-likeness (QED) is 0.693. The maximum absolute atomic E-state index is 12.0. The average Bonchev–Trinajstić information content (AvgIpc) is 2.72. The molecule has 1 fully saturated rings. The van der Waals surface area contributed by atoms with E-state index in [1.54, 1.807) is 16.7 Å². The van der Waals surface area contributed by atoms with Crippen molar-refractivity contribution in [3.05, 3.63) is 0 Å². The highest BCUT2D eigenvalue weighted by atomic mass is 32.2. The van der Waals surface area contributed by atoms with Gasteiger partial charge in [-0.3, -0.25) is 4.79 Å². The van der Waals surface area contributed by atoms with Crippen LogP contribution in [0.3, 0.4) is 0 Å². The minimum Gasteiger partial charge on any atom is -0.480 e. The van der Waals surface area contributed by atoms with E-state index in [1.165, 1.54) is 0 Å². The molecule has 2 atom stereocenters. The van der Waals surface area contributed by atoms with E-state index in [4.69, 9.17) is 10.8 Å². The number of nitrogens with two attached hydrogens (primary N) is 1. The third-order valence-electron chi connectivity index (χ3n) is 2.86. The number of aliphatic carboxylic acids is 1. The summed E-state index contributed by atoms with van der Waals surface area (Å²) in [7, 11) is 0. The van der Waals surface area contributed by atoms with Crippen molar-refractivity contribution in [1.29, 1.82) is 0 Å². The fourth-order valence-corrected chi connectivity index (χ4v) is 3.32. The second kappa shape index (κ2) is 6.86. The van der Waals surface area contributed by atoms with Crippen molar-refractivity contribution in [3.63, 3.8) is 0 Å². The van der Waals surface area contributed by atoms with Gasteiger partial charge in [0.05, 0.1) is 5.37 Å². The summed E-state index contributed by atoms with van der Waals surface area (Å²) in [6, 6.07) is -0.657. The van der Waals surface area contributed by atoms with Gasteiger partial charge in [0.25, 0.3) is 0 Å². The molecule has 1 aliphatic rings. The molecule has 6 heteroatoms. The Morgan fingerprint density at radius 3 is 2.71 bits per heavy atom. The van der Waals surface area contributed by atoms with Crippen LogP contribution in [-0.4, -0.2) is 45.6 Å². The Kier molecular flexibility index (Phi) is 5.77. The van der Waals surface area contributed by atoms with Gasteiger partial charge in [0.1, 0.15) is 6.04 Å². The number of thioether (sulfide) groups is 1. The highest BCUT2D eigenvalue weighted by molar-refractivity contribution is 8.00. The normalized spacial score (nSPS) is 24.0. The first-order valence-corrected chi connectivity index (χ1v) is 7.02. The van der Waals surface area contributed by atoms with Crippen molar-refractivity contribution in [2.45, 2.75) is 44.0 Å². The second-order valence-electron chi connectivity index (χ2n) is 4.10. The van der Waals surface area contributed by atoms with Crippen LogP contribution < -0.4 is 5.73 Å². The lowest BCUT2D eigenvalue weighted by Gasteiger charge is -2.26. The van der Waals surface area contributed by atoms with Crippen molar-refractivity contribution >= 4 is 23.6 Å². The van der Waals surface area contributed by atoms with Crippen molar-refractivity contribution in [3.8, 4) is 0 Å². The number of carboxylic acid groups (broad SMARTS) is 1. The number of carbonyl (C=O) groups excluding carboxylic acids is 1. The van der Waals surface area contributed by atoms with Gasteiger partial charge in [-0.05, 0) is 25.8 Å². The molecule has 1 rings (SSSR count). The Hall–Kier alpha value is -0.750. The Bertz CT molecular complexity index is 286. The zero-order chi connectivity index (χ0) is 12.8. The predicted molar refractivity (Wildman–Crippen MR) is 67.7 cm³/mol. The van der Waals surface area contributed by atoms with Crippen LogP contribution in [0.1, 0.15) is 32.6 Å². The van der Waals surface area contributed by atoms with Crippen molar-refractivity contribution in [2.75, 3.05) is 12.3 Å². The highest BCUT2D eigenvalue weighted by Crippen LogP contribution is 2.32. The third kappa shape index (κ3) is 3.61. The van der Waals surface area contributed by atoms with Crippen LogP contribution in [0.15, 0.2) is 0 Å². The zero-order valence-corrected chi connectivity index (χ0v) is 10.9. The van der Waals surface area contributed by atoms with Gasteiger partial charge in [-0.25, -0.2) is 4.79 Å².